The number of nitrogens with zero attached hydrogens (tertiary/aromatic N) is 3. The van der Waals surface area contributed by atoms with Crippen molar-refractivity contribution in [2.24, 2.45) is 0 Å². The Balaban J connectivity index is 2.45. The first kappa shape index (κ1) is 14.2. The normalized spacial score (nSPS) is 19.1. The van der Waals surface area contributed by atoms with Gasteiger partial charge in [-0.15, -0.1) is 0 Å². The number of carbonyl (C=O) groups is 2. The van der Waals surface area contributed by atoms with Crippen molar-refractivity contribution >= 4 is 17.6 Å². The molecule has 1 aromatic rings. The minimum absolute atomic E-state index is 0.0456. The molecule has 1 aliphatic rings. The van der Waals surface area contributed by atoms with Gasteiger partial charge in [0.05, 0.1) is 11.9 Å². The standard InChI is InChI=1S/C13H18N4O3/c1-7(2)11-15-6-9(10(16-11)13(19)20)17-5-4-14-12(18)8(17)3/h6-8H,4-5H2,1-3H3,(H,14,18)(H,19,20). The second-order valence-electron chi connectivity index (χ2n) is 5.08. The zero-order chi connectivity index (χ0) is 14.9. The summed E-state index contributed by atoms with van der Waals surface area (Å²) in [4.78, 5) is 33.2. The third kappa shape index (κ3) is 2.56. The maximum atomic E-state index is 11.7. The summed E-state index contributed by atoms with van der Waals surface area (Å²) in [5.74, 6) is -0.701. The van der Waals surface area contributed by atoms with Crippen molar-refractivity contribution in [1.29, 1.82) is 0 Å². The Bertz CT molecular complexity index is 544. The number of carboxylic acid groups (broad SMARTS) is 1. The molecule has 0 saturated carbocycles. The number of nitrogens with one attached hydrogen (secondary N) is 1. The molecule has 1 fully saturated rings. The number of amides is 1. The number of carboxylic acids is 1. The van der Waals surface area contributed by atoms with Crippen LogP contribution in [0.15, 0.2) is 6.20 Å². The summed E-state index contributed by atoms with van der Waals surface area (Å²) in [6.07, 6.45) is 1.50. The Hall–Kier alpha value is -2.18. The molecule has 1 aliphatic heterocycles. The number of anilines is 1. The van der Waals surface area contributed by atoms with Crippen LogP contribution in [0.25, 0.3) is 0 Å². The van der Waals surface area contributed by atoms with Gasteiger partial charge in [-0.1, -0.05) is 13.8 Å². The SMILES string of the molecule is CC(C)c1ncc(N2CCNC(=O)C2C)c(C(=O)O)n1. The molecular formula is C13H18N4O3. The molecule has 0 bridgehead atoms. The minimum Gasteiger partial charge on any atom is -0.476 e. The molecule has 0 radical (unpaired) electrons. The van der Waals surface area contributed by atoms with E-state index in [0.717, 1.165) is 0 Å². The van der Waals surface area contributed by atoms with Gasteiger partial charge in [-0.25, -0.2) is 14.8 Å². The van der Waals surface area contributed by atoms with E-state index in [1.54, 1.807) is 11.8 Å². The fraction of sp³-hybridized carbons (Fsp3) is 0.538. The lowest BCUT2D eigenvalue weighted by Gasteiger charge is -2.34. The third-order valence-electron chi connectivity index (χ3n) is 3.32. The summed E-state index contributed by atoms with van der Waals surface area (Å²) in [7, 11) is 0. The van der Waals surface area contributed by atoms with Crippen LogP contribution < -0.4 is 10.2 Å². The number of piperazine rings is 1. The van der Waals surface area contributed by atoms with E-state index in [2.05, 4.69) is 15.3 Å². The smallest absolute Gasteiger partial charge is 0.356 e. The molecule has 1 saturated heterocycles. The molecule has 108 valence electrons. The topological polar surface area (TPSA) is 95.4 Å². The van der Waals surface area contributed by atoms with E-state index in [4.69, 9.17) is 0 Å². The van der Waals surface area contributed by atoms with E-state index in [-0.39, 0.29) is 17.5 Å². The van der Waals surface area contributed by atoms with Crippen LogP contribution in [-0.2, 0) is 4.79 Å². The highest BCUT2D eigenvalue weighted by Crippen LogP contribution is 2.23. The maximum Gasteiger partial charge on any atom is 0.356 e. The van der Waals surface area contributed by atoms with E-state index in [1.165, 1.54) is 6.20 Å². The first-order valence-electron chi connectivity index (χ1n) is 6.56. The van der Waals surface area contributed by atoms with Crippen LogP contribution in [-0.4, -0.2) is 46.1 Å². The zero-order valence-electron chi connectivity index (χ0n) is 11.8. The summed E-state index contributed by atoms with van der Waals surface area (Å²) in [5.41, 5.74) is 0.342. The van der Waals surface area contributed by atoms with Crippen LogP contribution in [0.5, 0.6) is 0 Å². The van der Waals surface area contributed by atoms with E-state index >= 15 is 0 Å². The molecule has 0 spiro atoms. The summed E-state index contributed by atoms with van der Waals surface area (Å²) < 4.78 is 0. The molecule has 1 unspecified atom stereocenters. The van der Waals surface area contributed by atoms with Crippen LogP contribution in [0.3, 0.4) is 0 Å². The lowest BCUT2D eigenvalue weighted by Crippen LogP contribution is -2.54. The van der Waals surface area contributed by atoms with Crippen LogP contribution in [0, 0.1) is 0 Å². The molecule has 1 atom stereocenters. The number of carbonyl (C=O) groups excluding carboxylic acids is 1. The maximum absolute atomic E-state index is 11.7. The third-order valence-corrected chi connectivity index (χ3v) is 3.32. The molecule has 2 rings (SSSR count). The van der Waals surface area contributed by atoms with Crippen molar-refractivity contribution in [1.82, 2.24) is 15.3 Å². The summed E-state index contributed by atoms with van der Waals surface area (Å²) >= 11 is 0. The fourth-order valence-corrected chi connectivity index (χ4v) is 2.15. The Labute approximate surface area is 117 Å². The highest BCUT2D eigenvalue weighted by Gasteiger charge is 2.29. The zero-order valence-corrected chi connectivity index (χ0v) is 11.8. The van der Waals surface area contributed by atoms with Gasteiger partial charge in [-0.05, 0) is 6.92 Å². The Morgan fingerprint density at radius 2 is 2.25 bits per heavy atom. The highest BCUT2D eigenvalue weighted by molar-refractivity contribution is 5.94. The van der Waals surface area contributed by atoms with Gasteiger partial charge in [-0.3, -0.25) is 4.79 Å². The van der Waals surface area contributed by atoms with Gasteiger partial charge in [-0.2, -0.15) is 0 Å². The van der Waals surface area contributed by atoms with E-state index in [9.17, 15) is 14.7 Å². The number of hydrogen-bond acceptors (Lipinski definition) is 5. The molecule has 2 heterocycles. The van der Waals surface area contributed by atoms with Gasteiger partial charge in [0.2, 0.25) is 5.91 Å². The van der Waals surface area contributed by atoms with Crippen molar-refractivity contribution in [3.8, 4) is 0 Å². The van der Waals surface area contributed by atoms with Crippen LogP contribution >= 0.6 is 0 Å². The molecule has 7 nitrogen and oxygen atoms in total. The average molecular weight is 278 g/mol. The summed E-state index contributed by atoms with van der Waals surface area (Å²) in [6.45, 7) is 6.55. The quantitative estimate of drug-likeness (QED) is 0.841. The van der Waals surface area contributed by atoms with Gasteiger partial charge in [0.1, 0.15) is 11.9 Å². The number of rotatable bonds is 3. The Morgan fingerprint density at radius 3 is 2.85 bits per heavy atom. The van der Waals surface area contributed by atoms with E-state index in [0.29, 0.717) is 24.6 Å². The summed E-state index contributed by atoms with van der Waals surface area (Å²) in [6, 6.07) is -0.435. The van der Waals surface area contributed by atoms with Crippen molar-refractivity contribution in [3.63, 3.8) is 0 Å². The predicted octanol–water partition coefficient (Wildman–Crippen LogP) is 0.623. The fourth-order valence-electron chi connectivity index (χ4n) is 2.15. The van der Waals surface area contributed by atoms with Crippen molar-refractivity contribution in [2.45, 2.75) is 32.7 Å². The van der Waals surface area contributed by atoms with Gasteiger partial charge in [0.15, 0.2) is 5.69 Å². The molecule has 1 aromatic heterocycles. The molecular weight excluding hydrogens is 260 g/mol. The first-order valence-corrected chi connectivity index (χ1v) is 6.56. The van der Waals surface area contributed by atoms with Gasteiger partial charge in [0.25, 0.3) is 0 Å². The summed E-state index contributed by atoms with van der Waals surface area (Å²) in [5, 5.41) is 12.1. The Morgan fingerprint density at radius 1 is 1.55 bits per heavy atom. The van der Waals surface area contributed by atoms with Crippen molar-refractivity contribution in [3.05, 3.63) is 17.7 Å². The number of aromatic nitrogens is 2. The minimum atomic E-state index is -1.11. The van der Waals surface area contributed by atoms with Crippen molar-refractivity contribution in [2.75, 3.05) is 18.0 Å². The monoisotopic (exact) mass is 278 g/mol. The first-order chi connectivity index (χ1) is 9.41. The van der Waals surface area contributed by atoms with Gasteiger partial charge in [0, 0.05) is 19.0 Å². The second-order valence-corrected chi connectivity index (χ2v) is 5.08. The molecule has 0 aliphatic carbocycles. The average Bonchev–Trinajstić information content (AvgIpc) is 2.41. The van der Waals surface area contributed by atoms with Gasteiger partial charge < -0.3 is 15.3 Å². The van der Waals surface area contributed by atoms with Crippen LogP contribution in [0.1, 0.15) is 43.0 Å². The molecule has 1 amide bonds. The molecule has 2 N–H and O–H groups in total. The molecule has 20 heavy (non-hydrogen) atoms. The number of hydrogen-bond donors (Lipinski definition) is 2. The van der Waals surface area contributed by atoms with Crippen molar-refractivity contribution < 1.29 is 14.7 Å². The Kier molecular flexibility index (Phi) is 3.87. The predicted molar refractivity (Wildman–Crippen MR) is 72.9 cm³/mol. The van der Waals surface area contributed by atoms with Gasteiger partial charge >= 0.3 is 5.97 Å². The number of aromatic carboxylic acids is 1. The lowest BCUT2D eigenvalue weighted by molar-refractivity contribution is -0.122. The van der Waals surface area contributed by atoms with Crippen LogP contribution in [0.2, 0.25) is 0 Å². The van der Waals surface area contributed by atoms with E-state index in [1.807, 2.05) is 13.8 Å². The van der Waals surface area contributed by atoms with Crippen LogP contribution in [0.4, 0.5) is 5.69 Å². The molecule has 7 heteroatoms. The largest absolute Gasteiger partial charge is 0.476 e. The second kappa shape index (κ2) is 5.44. The van der Waals surface area contributed by atoms with E-state index < -0.39 is 12.0 Å². The highest BCUT2D eigenvalue weighted by atomic mass is 16.4. The lowest BCUT2D eigenvalue weighted by atomic mass is 10.1. The molecule has 0 aromatic carbocycles.